The van der Waals surface area contributed by atoms with Crippen LogP contribution in [0.4, 0.5) is 0 Å². The van der Waals surface area contributed by atoms with E-state index in [0.717, 1.165) is 32.1 Å². The molecule has 14 heavy (non-hydrogen) atoms. The van der Waals surface area contributed by atoms with Gasteiger partial charge in [-0.3, -0.25) is 0 Å². The maximum atomic E-state index is 9.36. The van der Waals surface area contributed by atoms with Gasteiger partial charge in [-0.25, -0.2) is 0 Å². The molecule has 82 valence electrons. The zero-order valence-corrected chi connectivity index (χ0v) is 9.21. The number of nitrogens with one attached hydrogen (secondary N) is 1. The van der Waals surface area contributed by atoms with Crippen LogP contribution in [0, 0.1) is 0 Å². The highest BCUT2D eigenvalue weighted by Crippen LogP contribution is 2.19. The van der Waals surface area contributed by atoms with Gasteiger partial charge in [0.1, 0.15) is 0 Å². The first kappa shape index (κ1) is 11.7. The van der Waals surface area contributed by atoms with Crippen LogP contribution in [0.5, 0.6) is 0 Å². The molecule has 0 bridgehead atoms. The molecule has 1 saturated carbocycles. The van der Waals surface area contributed by atoms with Gasteiger partial charge in [0, 0.05) is 12.1 Å². The minimum absolute atomic E-state index is 0.0449. The van der Waals surface area contributed by atoms with Gasteiger partial charge in [0.05, 0.1) is 6.10 Å². The average molecular weight is 197 g/mol. The lowest BCUT2D eigenvalue weighted by Crippen LogP contribution is -2.39. The number of allylic oxidation sites excluding steroid dienone is 1. The molecule has 0 amide bonds. The van der Waals surface area contributed by atoms with Crippen molar-refractivity contribution < 1.29 is 5.11 Å². The van der Waals surface area contributed by atoms with Crippen LogP contribution in [-0.4, -0.2) is 23.3 Å². The molecule has 0 saturated heterocycles. The Labute approximate surface area is 87.4 Å². The first-order valence-corrected chi connectivity index (χ1v) is 5.77. The maximum absolute atomic E-state index is 9.36. The molecule has 2 N–H and O–H groups in total. The fourth-order valence-corrected chi connectivity index (χ4v) is 2.10. The number of hydrogen-bond acceptors (Lipinski definition) is 2. The molecular weight excluding hydrogens is 174 g/mol. The van der Waals surface area contributed by atoms with Gasteiger partial charge in [0.2, 0.25) is 0 Å². The predicted octanol–water partition coefficient (Wildman–Crippen LogP) is 2.23. The number of aliphatic hydroxyl groups excluding tert-OH is 1. The van der Waals surface area contributed by atoms with Crippen molar-refractivity contribution >= 4 is 0 Å². The van der Waals surface area contributed by atoms with Crippen LogP contribution < -0.4 is 5.32 Å². The lowest BCUT2D eigenvalue weighted by Gasteiger charge is -2.29. The summed E-state index contributed by atoms with van der Waals surface area (Å²) >= 11 is 0. The van der Waals surface area contributed by atoms with Gasteiger partial charge in [-0.05, 0) is 45.4 Å². The SMILES string of the molecule is C=CCC[C@@H](C)NC1CCC(O)CC1. The molecule has 1 rings (SSSR count). The Hall–Kier alpha value is -0.340. The third-order valence-electron chi connectivity index (χ3n) is 3.02. The van der Waals surface area contributed by atoms with E-state index in [1.54, 1.807) is 0 Å². The van der Waals surface area contributed by atoms with Crippen molar-refractivity contribution in [2.45, 2.75) is 63.6 Å². The van der Waals surface area contributed by atoms with Crippen molar-refractivity contribution in [2.24, 2.45) is 0 Å². The first-order valence-electron chi connectivity index (χ1n) is 5.77. The molecular formula is C12H23NO. The topological polar surface area (TPSA) is 32.3 Å². The zero-order valence-electron chi connectivity index (χ0n) is 9.21. The Bertz CT molecular complexity index is 162. The zero-order chi connectivity index (χ0) is 10.4. The summed E-state index contributed by atoms with van der Waals surface area (Å²) in [7, 11) is 0. The van der Waals surface area contributed by atoms with Gasteiger partial charge in [-0.1, -0.05) is 6.08 Å². The van der Waals surface area contributed by atoms with Crippen molar-refractivity contribution in [2.75, 3.05) is 0 Å². The van der Waals surface area contributed by atoms with Crippen molar-refractivity contribution in [3.63, 3.8) is 0 Å². The Balaban J connectivity index is 2.13. The quantitative estimate of drug-likeness (QED) is 0.662. The highest BCUT2D eigenvalue weighted by atomic mass is 16.3. The van der Waals surface area contributed by atoms with Gasteiger partial charge in [0.25, 0.3) is 0 Å². The minimum atomic E-state index is -0.0449. The maximum Gasteiger partial charge on any atom is 0.0541 e. The summed E-state index contributed by atoms with van der Waals surface area (Å²) in [6.07, 6.45) is 8.36. The fraction of sp³-hybridized carbons (Fsp3) is 0.833. The summed E-state index contributed by atoms with van der Waals surface area (Å²) < 4.78 is 0. The van der Waals surface area contributed by atoms with Gasteiger partial charge in [-0.15, -0.1) is 6.58 Å². The molecule has 0 heterocycles. The van der Waals surface area contributed by atoms with E-state index in [-0.39, 0.29) is 6.10 Å². The number of aliphatic hydroxyl groups is 1. The second-order valence-corrected chi connectivity index (χ2v) is 4.44. The molecule has 2 heteroatoms. The molecule has 1 aliphatic rings. The van der Waals surface area contributed by atoms with E-state index in [1.807, 2.05) is 6.08 Å². The lowest BCUT2D eigenvalue weighted by molar-refractivity contribution is 0.114. The van der Waals surface area contributed by atoms with Crippen molar-refractivity contribution in [3.8, 4) is 0 Å². The Morgan fingerprint density at radius 3 is 2.64 bits per heavy atom. The van der Waals surface area contributed by atoms with Crippen LogP contribution in [0.2, 0.25) is 0 Å². The van der Waals surface area contributed by atoms with Crippen molar-refractivity contribution in [3.05, 3.63) is 12.7 Å². The van der Waals surface area contributed by atoms with Gasteiger partial charge in [-0.2, -0.15) is 0 Å². The van der Waals surface area contributed by atoms with Crippen LogP contribution in [0.25, 0.3) is 0 Å². The standard InChI is InChI=1S/C12H23NO/c1-3-4-5-10(2)13-11-6-8-12(14)9-7-11/h3,10-14H,1,4-9H2,2H3/t10-,11?,12?/m1/s1. The molecule has 0 aromatic carbocycles. The second-order valence-electron chi connectivity index (χ2n) is 4.44. The highest BCUT2D eigenvalue weighted by molar-refractivity contribution is 4.80. The lowest BCUT2D eigenvalue weighted by atomic mass is 9.92. The van der Waals surface area contributed by atoms with Crippen LogP contribution in [0.15, 0.2) is 12.7 Å². The highest BCUT2D eigenvalue weighted by Gasteiger charge is 2.19. The molecule has 0 radical (unpaired) electrons. The number of hydrogen-bond donors (Lipinski definition) is 2. The summed E-state index contributed by atoms with van der Waals surface area (Å²) in [5.74, 6) is 0. The largest absolute Gasteiger partial charge is 0.393 e. The first-order chi connectivity index (χ1) is 6.72. The van der Waals surface area contributed by atoms with Crippen LogP contribution in [0.1, 0.15) is 45.4 Å². The van der Waals surface area contributed by atoms with Crippen LogP contribution in [0.3, 0.4) is 0 Å². The van der Waals surface area contributed by atoms with Crippen LogP contribution in [-0.2, 0) is 0 Å². The molecule has 0 unspecified atom stereocenters. The smallest absolute Gasteiger partial charge is 0.0541 e. The van der Waals surface area contributed by atoms with Gasteiger partial charge < -0.3 is 10.4 Å². The summed E-state index contributed by atoms with van der Waals surface area (Å²) in [5, 5.41) is 13.0. The Kier molecular flexibility index (Phi) is 5.20. The molecule has 0 spiro atoms. The minimum Gasteiger partial charge on any atom is -0.393 e. The second kappa shape index (κ2) is 6.20. The van der Waals surface area contributed by atoms with E-state index in [0.29, 0.717) is 12.1 Å². The molecule has 0 aliphatic heterocycles. The molecule has 1 atom stereocenters. The van der Waals surface area contributed by atoms with E-state index in [4.69, 9.17) is 0 Å². The summed E-state index contributed by atoms with van der Waals surface area (Å²) in [6.45, 7) is 5.96. The van der Waals surface area contributed by atoms with Crippen molar-refractivity contribution in [1.29, 1.82) is 0 Å². The molecule has 1 fully saturated rings. The normalized spacial score (nSPS) is 29.9. The van der Waals surface area contributed by atoms with Crippen molar-refractivity contribution in [1.82, 2.24) is 5.32 Å². The third-order valence-corrected chi connectivity index (χ3v) is 3.02. The molecule has 0 aromatic heterocycles. The third kappa shape index (κ3) is 4.25. The summed E-state index contributed by atoms with van der Waals surface area (Å²) in [4.78, 5) is 0. The van der Waals surface area contributed by atoms with E-state index in [1.165, 1.54) is 6.42 Å². The van der Waals surface area contributed by atoms with E-state index in [9.17, 15) is 5.11 Å². The van der Waals surface area contributed by atoms with Gasteiger partial charge >= 0.3 is 0 Å². The molecule has 0 aromatic rings. The molecule has 2 nitrogen and oxygen atoms in total. The molecule has 1 aliphatic carbocycles. The van der Waals surface area contributed by atoms with Gasteiger partial charge in [0.15, 0.2) is 0 Å². The van der Waals surface area contributed by atoms with Crippen LogP contribution >= 0.6 is 0 Å². The Morgan fingerprint density at radius 2 is 2.07 bits per heavy atom. The van der Waals surface area contributed by atoms with E-state index >= 15 is 0 Å². The predicted molar refractivity (Wildman–Crippen MR) is 60.3 cm³/mol. The monoisotopic (exact) mass is 197 g/mol. The average Bonchev–Trinajstić information content (AvgIpc) is 2.18. The summed E-state index contributed by atoms with van der Waals surface area (Å²) in [5.41, 5.74) is 0. The Morgan fingerprint density at radius 1 is 1.43 bits per heavy atom. The number of rotatable bonds is 5. The van der Waals surface area contributed by atoms with E-state index < -0.39 is 0 Å². The fourth-order valence-electron chi connectivity index (χ4n) is 2.10. The van der Waals surface area contributed by atoms with E-state index in [2.05, 4.69) is 18.8 Å². The summed E-state index contributed by atoms with van der Waals surface area (Å²) in [6, 6.07) is 1.20.